The van der Waals surface area contributed by atoms with E-state index in [1.54, 1.807) is 6.07 Å². The van der Waals surface area contributed by atoms with Gasteiger partial charge in [-0.2, -0.15) is 0 Å². The van der Waals surface area contributed by atoms with Crippen molar-refractivity contribution in [3.63, 3.8) is 0 Å². The summed E-state index contributed by atoms with van der Waals surface area (Å²) in [4.78, 5) is 31.9. The number of nitrogens with one attached hydrogen (secondary N) is 1. The summed E-state index contributed by atoms with van der Waals surface area (Å²) in [7, 11) is 0. The number of nitrogens with zero attached hydrogens (tertiary/aromatic N) is 3. The molecule has 10 heteroatoms. The van der Waals surface area contributed by atoms with E-state index < -0.39 is 23.4 Å². The molecule has 0 spiro atoms. The number of anilines is 1. The van der Waals surface area contributed by atoms with Crippen molar-refractivity contribution >= 4 is 17.7 Å². The van der Waals surface area contributed by atoms with Gasteiger partial charge in [-0.1, -0.05) is 0 Å². The molecule has 0 atom stereocenters. The molecule has 4 rings (SSSR count). The molecule has 1 aromatic carbocycles. The summed E-state index contributed by atoms with van der Waals surface area (Å²) < 4.78 is 46.0. The Labute approximate surface area is 162 Å². The molecule has 3 aromatic rings. The van der Waals surface area contributed by atoms with Crippen molar-refractivity contribution in [3.8, 4) is 0 Å². The highest BCUT2D eigenvalue weighted by Crippen LogP contribution is 2.18. The lowest BCUT2D eigenvalue weighted by atomic mass is 10.1. The van der Waals surface area contributed by atoms with Crippen LogP contribution in [0.5, 0.6) is 0 Å². The molecule has 0 bridgehead atoms. The van der Waals surface area contributed by atoms with Crippen LogP contribution in [0.3, 0.4) is 0 Å². The molecule has 0 unspecified atom stereocenters. The van der Waals surface area contributed by atoms with E-state index in [1.807, 2.05) is 0 Å². The maximum Gasteiger partial charge on any atom is 0.310 e. The number of hydrogen-bond acceptors (Lipinski definition) is 5. The van der Waals surface area contributed by atoms with Gasteiger partial charge in [0.15, 0.2) is 23.3 Å². The van der Waals surface area contributed by atoms with Crippen molar-refractivity contribution < 1.29 is 27.5 Å². The van der Waals surface area contributed by atoms with E-state index in [4.69, 9.17) is 4.74 Å². The minimum Gasteiger partial charge on any atom is -0.459 e. The van der Waals surface area contributed by atoms with Crippen LogP contribution in [0.15, 0.2) is 36.9 Å². The molecule has 0 fully saturated rings. The second-order valence-electron chi connectivity index (χ2n) is 6.43. The number of carbonyl (C=O) groups is 2. The van der Waals surface area contributed by atoms with Crippen molar-refractivity contribution in [1.29, 1.82) is 0 Å². The monoisotopic (exact) mass is 402 g/mol. The fourth-order valence-corrected chi connectivity index (χ4v) is 2.91. The number of amides is 1. The molecule has 0 saturated heterocycles. The van der Waals surface area contributed by atoms with Crippen LogP contribution in [0.1, 0.15) is 27.2 Å². The summed E-state index contributed by atoms with van der Waals surface area (Å²) in [6.07, 6.45) is 4.23. The van der Waals surface area contributed by atoms with Crippen LogP contribution in [0, 0.1) is 17.5 Å². The van der Waals surface area contributed by atoms with Gasteiger partial charge in [-0.15, -0.1) is 0 Å². The molecule has 1 amide bonds. The molecule has 7 nitrogen and oxygen atoms in total. The summed E-state index contributed by atoms with van der Waals surface area (Å²) in [6.45, 7) is 0.102. The van der Waals surface area contributed by atoms with Crippen molar-refractivity contribution in [2.75, 3.05) is 5.32 Å². The average molecular weight is 402 g/mol. The predicted octanol–water partition coefficient (Wildman–Crippen LogP) is 2.60. The number of imidazole rings is 1. The molecule has 3 heterocycles. The Morgan fingerprint density at radius 3 is 2.69 bits per heavy atom. The summed E-state index contributed by atoms with van der Waals surface area (Å²) in [5.74, 6) is -4.75. The first-order valence-electron chi connectivity index (χ1n) is 8.49. The largest absolute Gasteiger partial charge is 0.459 e. The minimum absolute atomic E-state index is 0.0273. The lowest BCUT2D eigenvalue weighted by molar-refractivity contribution is -0.145. The summed E-state index contributed by atoms with van der Waals surface area (Å²) in [5.41, 5.74) is 1.67. The zero-order valence-corrected chi connectivity index (χ0v) is 14.8. The highest BCUT2D eigenvalue weighted by Gasteiger charge is 2.20. The minimum atomic E-state index is -1.53. The summed E-state index contributed by atoms with van der Waals surface area (Å²) in [6, 6.07) is 3.35. The van der Waals surface area contributed by atoms with E-state index in [1.165, 1.54) is 23.3 Å². The fraction of sp³-hybridized carbons (Fsp3) is 0.158. The molecule has 2 aromatic heterocycles. The van der Waals surface area contributed by atoms with Gasteiger partial charge in [0.1, 0.15) is 6.61 Å². The van der Waals surface area contributed by atoms with Crippen LogP contribution < -0.4 is 5.32 Å². The number of benzene rings is 1. The molecule has 0 aliphatic carbocycles. The van der Waals surface area contributed by atoms with Gasteiger partial charge in [0, 0.05) is 18.9 Å². The first-order chi connectivity index (χ1) is 13.9. The SMILES string of the molecule is O=C1Cc2cc(C(=O)Nc3cn(Cc4cc(F)c(F)c(F)c4)cn3)cnc2CO1. The van der Waals surface area contributed by atoms with Gasteiger partial charge in [0.2, 0.25) is 0 Å². The number of halogens is 3. The maximum atomic E-state index is 13.3. The molecular formula is C19H13F3N4O3. The molecule has 0 saturated carbocycles. The lowest BCUT2D eigenvalue weighted by Gasteiger charge is -2.15. The highest BCUT2D eigenvalue weighted by molar-refractivity contribution is 6.03. The van der Waals surface area contributed by atoms with Gasteiger partial charge in [0.25, 0.3) is 5.91 Å². The summed E-state index contributed by atoms with van der Waals surface area (Å²) >= 11 is 0. The fourth-order valence-electron chi connectivity index (χ4n) is 2.91. The van der Waals surface area contributed by atoms with Gasteiger partial charge in [-0.3, -0.25) is 14.6 Å². The third-order valence-corrected chi connectivity index (χ3v) is 4.31. The smallest absolute Gasteiger partial charge is 0.310 e. The predicted molar refractivity (Wildman–Crippen MR) is 93.3 cm³/mol. The Bertz CT molecular complexity index is 1110. The zero-order valence-electron chi connectivity index (χ0n) is 14.8. The standard InChI is InChI=1S/C19H13F3N4O3/c20-13-1-10(2-14(21)18(13)22)6-26-7-16(24-9-26)25-19(28)12-3-11-4-17(27)29-8-15(11)23-5-12/h1-3,5,7,9H,4,6,8H2,(H,25,28). The van der Waals surface area contributed by atoms with E-state index in [-0.39, 0.29) is 42.5 Å². The van der Waals surface area contributed by atoms with Crippen molar-refractivity contribution in [2.45, 2.75) is 19.6 Å². The zero-order chi connectivity index (χ0) is 20.5. The molecule has 1 aliphatic rings. The van der Waals surface area contributed by atoms with E-state index in [0.29, 0.717) is 11.3 Å². The molecular weight excluding hydrogens is 389 g/mol. The number of rotatable bonds is 4. The Hall–Kier alpha value is -3.69. The molecule has 1 aliphatic heterocycles. The van der Waals surface area contributed by atoms with Crippen molar-refractivity contribution in [3.05, 3.63) is 76.8 Å². The number of carbonyl (C=O) groups excluding carboxylic acids is 2. The van der Waals surface area contributed by atoms with Crippen molar-refractivity contribution in [2.24, 2.45) is 0 Å². The highest BCUT2D eigenvalue weighted by atomic mass is 19.2. The number of fused-ring (bicyclic) bond motifs is 1. The van der Waals surface area contributed by atoms with Gasteiger partial charge in [-0.05, 0) is 29.3 Å². The van der Waals surface area contributed by atoms with Crippen LogP contribution in [0.25, 0.3) is 0 Å². The Morgan fingerprint density at radius 1 is 1.17 bits per heavy atom. The second-order valence-corrected chi connectivity index (χ2v) is 6.43. The van der Waals surface area contributed by atoms with Crippen LogP contribution >= 0.6 is 0 Å². The van der Waals surface area contributed by atoms with Gasteiger partial charge >= 0.3 is 5.97 Å². The maximum absolute atomic E-state index is 13.3. The third-order valence-electron chi connectivity index (χ3n) is 4.31. The topological polar surface area (TPSA) is 86.1 Å². The van der Waals surface area contributed by atoms with Gasteiger partial charge < -0.3 is 14.6 Å². The van der Waals surface area contributed by atoms with Gasteiger partial charge in [0.05, 0.1) is 24.0 Å². The Morgan fingerprint density at radius 2 is 1.93 bits per heavy atom. The number of pyridine rings is 1. The normalized spacial score (nSPS) is 13.0. The van der Waals surface area contributed by atoms with E-state index in [2.05, 4.69) is 15.3 Å². The third kappa shape index (κ3) is 3.96. The second kappa shape index (κ2) is 7.38. The van der Waals surface area contributed by atoms with E-state index in [0.717, 1.165) is 12.1 Å². The molecule has 148 valence electrons. The van der Waals surface area contributed by atoms with Crippen LogP contribution in [0.4, 0.5) is 19.0 Å². The number of ether oxygens (including phenoxy) is 1. The number of aromatic nitrogens is 3. The van der Waals surface area contributed by atoms with Crippen LogP contribution in [-0.4, -0.2) is 26.4 Å². The summed E-state index contributed by atoms with van der Waals surface area (Å²) in [5, 5.41) is 2.58. The molecule has 1 N–H and O–H groups in total. The first kappa shape index (κ1) is 18.7. The van der Waals surface area contributed by atoms with Crippen molar-refractivity contribution in [1.82, 2.24) is 14.5 Å². The molecule has 29 heavy (non-hydrogen) atoms. The number of esters is 1. The Balaban J connectivity index is 1.46. The van der Waals surface area contributed by atoms with Gasteiger partial charge in [-0.25, -0.2) is 18.2 Å². The van der Waals surface area contributed by atoms with E-state index in [9.17, 15) is 22.8 Å². The van der Waals surface area contributed by atoms with E-state index >= 15 is 0 Å². The first-order valence-corrected chi connectivity index (χ1v) is 8.49. The number of hydrogen-bond donors (Lipinski definition) is 1. The van der Waals surface area contributed by atoms with Crippen LogP contribution in [-0.2, 0) is 29.1 Å². The quantitative estimate of drug-likeness (QED) is 0.536. The lowest BCUT2D eigenvalue weighted by Crippen LogP contribution is -2.20. The molecule has 0 radical (unpaired) electrons. The Kier molecular flexibility index (Phi) is 4.75. The van der Waals surface area contributed by atoms with Crippen LogP contribution in [0.2, 0.25) is 0 Å². The number of cyclic esters (lactones) is 1. The average Bonchev–Trinajstić information content (AvgIpc) is 3.12.